The molecule has 0 unspecified atom stereocenters. The fourth-order valence-corrected chi connectivity index (χ4v) is 6.58. The Kier molecular flexibility index (Phi) is 8.55. The van der Waals surface area contributed by atoms with Gasteiger partial charge in [-0.25, -0.2) is 8.78 Å². The summed E-state index contributed by atoms with van der Waals surface area (Å²) in [5.74, 6) is -1.69. The summed E-state index contributed by atoms with van der Waals surface area (Å²) in [5, 5.41) is 4.03. The van der Waals surface area contributed by atoms with Crippen LogP contribution in [0.4, 0.5) is 14.7 Å². The quantitative estimate of drug-likeness (QED) is 0.230. The number of nitrogens with one attached hydrogen (secondary N) is 1. The van der Waals surface area contributed by atoms with Gasteiger partial charge in [-0.15, -0.1) is 0 Å². The second-order valence-corrected chi connectivity index (χ2v) is 12.2. The lowest BCUT2D eigenvalue weighted by Crippen LogP contribution is -2.40. The van der Waals surface area contributed by atoms with E-state index in [-0.39, 0.29) is 18.7 Å². The maximum Gasteiger partial charge on any atom is 0.256 e. The Hall–Kier alpha value is -3.20. The number of benzene rings is 2. The number of hydrogen-bond donors (Lipinski definition) is 1. The van der Waals surface area contributed by atoms with E-state index in [9.17, 15) is 13.6 Å². The van der Waals surface area contributed by atoms with Crippen LogP contribution in [0.3, 0.4) is 0 Å². The highest BCUT2D eigenvalue weighted by Crippen LogP contribution is 2.41. The molecule has 5 rings (SSSR count). The molecule has 1 N–H and O–H groups in total. The Morgan fingerprint density at radius 1 is 1.10 bits per heavy atom. The van der Waals surface area contributed by atoms with Gasteiger partial charge >= 0.3 is 0 Å². The van der Waals surface area contributed by atoms with E-state index in [1.54, 1.807) is 4.90 Å². The average molecular weight is 581 g/mol. The highest BCUT2D eigenvalue weighted by atomic mass is 32.2. The lowest BCUT2D eigenvalue weighted by Gasteiger charge is -2.24. The Morgan fingerprint density at radius 3 is 2.54 bits per heavy atom. The Labute approximate surface area is 245 Å². The number of aromatic nitrogens is 1. The van der Waals surface area contributed by atoms with E-state index in [4.69, 9.17) is 9.52 Å². The van der Waals surface area contributed by atoms with E-state index in [1.807, 2.05) is 32.0 Å². The maximum absolute atomic E-state index is 13.8. The number of carbonyl (C=O) groups is 1. The van der Waals surface area contributed by atoms with Crippen LogP contribution in [0.2, 0.25) is 0 Å². The summed E-state index contributed by atoms with van der Waals surface area (Å²) in [5.41, 5.74) is 5.47. The monoisotopic (exact) mass is 580 g/mol. The van der Waals surface area contributed by atoms with Crippen molar-refractivity contribution in [2.24, 2.45) is 4.99 Å². The van der Waals surface area contributed by atoms with Crippen molar-refractivity contribution in [3.05, 3.63) is 64.8 Å². The number of hydrogen-bond acceptors (Lipinski definition) is 6. The van der Waals surface area contributed by atoms with Gasteiger partial charge in [0.05, 0.1) is 12.2 Å². The van der Waals surface area contributed by atoms with Crippen LogP contribution in [0.1, 0.15) is 81.2 Å². The van der Waals surface area contributed by atoms with Gasteiger partial charge in [0.15, 0.2) is 0 Å². The van der Waals surface area contributed by atoms with E-state index in [1.165, 1.54) is 17.5 Å². The third-order valence-electron chi connectivity index (χ3n) is 8.13. The number of halogens is 2. The normalized spacial score (nSPS) is 16.6. The van der Waals surface area contributed by atoms with Gasteiger partial charge in [-0.2, -0.15) is 0 Å². The van der Waals surface area contributed by atoms with Gasteiger partial charge < -0.3 is 4.52 Å². The van der Waals surface area contributed by atoms with Crippen LogP contribution >= 0.6 is 11.9 Å². The predicted molar refractivity (Wildman–Crippen MR) is 160 cm³/mol. The van der Waals surface area contributed by atoms with Crippen LogP contribution in [-0.2, 0) is 17.8 Å². The van der Waals surface area contributed by atoms with Gasteiger partial charge in [0.25, 0.3) is 5.91 Å². The first kappa shape index (κ1) is 29.3. The molecule has 0 atom stereocenters. The number of nitrogens with zero attached hydrogens (tertiary/aromatic N) is 3. The zero-order chi connectivity index (χ0) is 29.2. The number of carbonyl (C=O) groups excluding carboxylic acids is 1. The van der Waals surface area contributed by atoms with E-state index in [2.05, 4.69) is 41.1 Å². The van der Waals surface area contributed by atoms with Crippen molar-refractivity contribution in [3.63, 3.8) is 0 Å². The van der Waals surface area contributed by atoms with Crippen molar-refractivity contribution >= 4 is 29.6 Å². The first-order valence-corrected chi connectivity index (χ1v) is 15.3. The van der Waals surface area contributed by atoms with E-state index < -0.39 is 11.5 Å². The van der Waals surface area contributed by atoms with Crippen LogP contribution in [-0.4, -0.2) is 33.3 Å². The number of amidine groups is 1. The van der Waals surface area contributed by atoms with Crippen molar-refractivity contribution in [1.82, 2.24) is 10.1 Å². The molecule has 0 radical (unpaired) electrons. The number of rotatable bonds is 11. The summed E-state index contributed by atoms with van der Waals surface area (Å²) in [4.78, 5) is 21.2. The number of amides is 1. The maximum atomic E-state index is 13.8. The van der Waals surface area contributed by atoms with Crippen molar-refractivity contribution in [1.29, 1.82) is 0 Å². The molecule has 1 aromatic heterocycles. The van der Waals surface area contributed by atoms with Crippen molar-refractivity contribution in [3.8, 4) is 11.1 Å². The third-order valence-corrected chi connectivity index (χ3v) is 9.00. The molecule has 6 nitrogen and oxygen atoms in total. The second kappa shape index (κ2) is 12.0. The van der Waals surface area contributed by atoms with Gasteiger partial charge in [0.1, 0.15) is 11.4 Å². The molecule has 218 valence electrons. The summed E-state index contributed by atoms with van der Waals surface area (Å²) >= 11 is 1.48. The number of anilines is 1. The summed E-state index contributed by atoms with van der Waals surface area (Å²) in [6.07, 6.45) is 4.89. The number of aryl methyl sites for hydroxylation is 2. The van der Waals surface area contributed by atoms with Gasteiger partial charge in [0.2, 0.25) is 11.8 Å². The number of alkyl halides is 2. The predicted octanol–water partition coefficient (Wildman–Crippen LogP) is 8.52. The minimum atomic E-state index is -2.80. The molecule has 9 heteroatoms. The first-order chi connectivity index (χ1) is 19.6. The van der Waals surface area contributed by atoms with Crippen LogP contribution in [0.15, 0.2) is 56.9 Å². The van der Waals surface area contributed by atoms with Gasteiger partial charge in [-0.3, -0.25) is 19.4 Å². The van der Waals surface area contributed by atoms with Crippen molar-refractivity contribution in [2.75, 3.05) is 4.72 Å². The van der Waals surface area contributed by atoms with Crippen LogP contribution in [0, 0.1) is 13.8 Å². The molecule has 1 saturated carbocycles. The molecule has 1 aliphatic heterocycles. The lowest BCUT2D eigenvalue weighted by atomic mass is 9.94. The fraction of sp³-hybridized carbons (Fsp3) is 0.469. The molecule has 0 saturated heterocycles. The van der Waals surface area contributed by atoms with Crippen molar-refractivity contribution < 1.29 is 18.1 Å². The smallest absolute Gasteiger partial charge is 0.256 e. The lowest BCUT2D eigenvalue weighted by molar-refractivity contribution is -0.131. The zero-order valence-electron chi connectivity index (χ0n) is 24.2. The molecule has 1 aliphatic carbocycles. The van der Waals surface area contributed by atoms with E-state index in [0.29, 0.717) is 31.1 Å². The van der Waals surface area contributed by atoms with Crippen LogP contribution in [0.25, 0.3) is 11.1 Å². The zero-order valence-corrected chi connectivity index (χ0v) is 25.0. The largest absolute Gasteiger partial charge is 0.337 e. The fourth-order valence-electron chi connectivity index (χ4n) is 5.75. The molecule has 1 fully saturated rings. The average Bonchev–Trinajstić information content (AvgIpc) is 3.62. The van der Waals surface area contributed by atoms with E-state index in [0.717, 1.165) is 65.5 Å². The first-order valence-electron chi connectivity index (χ1n) is 14.5. The molecule has 1 spiro atoms. The summed E-state index contributed by atoms with van der Waals surface area (Å²) in [6, 6.07) is 14.6. The van der Waals surface area contributed by atoms with Crippen molar-refractivity contribution in [2.45, 2.75) is 102 Å². The molecule has 41 heavy (non-hydrogen) atoms. The Morgan fingerprint density at radius 2 is 1.85 bits per heavy atom. The highest BCUT2D eigenvalue weighted by molar-refractivity contribution is 8.00. The summed E-state index contributed by atoms with van der Waals surface area (Å²) < 4.78 is 36.3. The highest BCUT2D eigenvalue weighted by Gasteiger charge is 2.49. The van der Waals surface area contributed by atoms with Gasteiger partial charge in [0, 0.05) is 23.3 Å². The minimum absolute atomic E-state index is 0.0312. The third kappa shape index (κ3) is 6.35. The second-order valence-electron chi connectivity index (χ2n) is 11.4. The van der Waals surface area contributed by atoms with Crippen LogP contribution in [0.5, 0.6) is 0 Å². The SMILES string of the molecule is CCCc1cc(CN2C(=O)C3(CCCC3)N=C2CCC(C)(F)F)ccc1-c1ccccc1SNc1onc(C)c1C. The molecular weight excluding hydrogens is 542 g/mol. The molecule has 0 bridgehead atoms. The molecule has 1 amide bonds. The number of aliphatic imine (C=N–C) groups is 1. The molecular formula is C32H38F2N4O2S. The Bertz CT molecular complexity index is 1440. The standard InChI is InChI=1S/C32H38F2N4O2S/c1-5-10-24-19-23(20-38-28(15-18-31(4,33)34)35-32(30(38)39)16-8-9-17-32)13-14-25(24)26-11-6-7-12-27(26)41-37-29-21(2)22(3)36-40-29/h6-7,11-14,19,37H,5,8-10,15-18,20H2,1-4H3. The minimum Gasteiger partial charge on any atom is -0.337 e. The van der Waals surface area contributed by atoms with Gasteiger partial charge in [-0.1, -0.05) is 67.7 Å². The molecule has 3 aromatic rings. The van der Waals surface area contributed by atoms with Crippen LogP contribution < -0.4 is 4.72 Å². The van der Waals surface area contributed by atoms with E-state index >= 15 is 0 Å². The summed E-state index contributed by atoms with van der Waals surface area (Å²) in [7, 11) is 0. The molecule has 2 heterocycles. The molecule has 2 aromatic carbocycles. The van der Waals surface area contributed by atoms with Gasteiger partial charge in [-0.05, 0) is 80.3 Å². The Balaban J connectivity index is 1.41. The molecule has 2 aliphatic rings. The topological polar surface area (TPSA) is 70.7 Å². The summed E-state index contributed by atoms with van der Waals surface area (Å²) in [6.45, 7) is 7.31.